The second-order valence-electron chi connectivity index (χ2n) is 4.02. The standard InChI is InChI=1S/C12H12IN3O3/c1-7-8(2)19-12(15-7)6-14-10-4-3-9(13)5-11(10)16(17)18/h3-5,14H,6H2,1-2H3. The van der Waals surface area contributed by atoms with Crippen LogP contribution in [0.4, 0.5) is 11.4 Å². The highest BCUT2D eigenvalue weighted by molar-refractivity contribution is 14.1. The van der Waals surface area contributed by atoms with Gasteiger partial charge in [-0.25, -0.2) is 4.98 Å². The first-order chi connectivity index (χ1) is 8.97. The summed E-state index contributed by atoms with van der Waals surface area (Å²) in [4.78, 5) is 14.8. The number of anilines is 1. The van der Waals surface area contributed by atoms with Crippen molar-refractivity contribution < 1.29 is 9.34 Å². The maximum Gasteiger partial charge on any atom is 0.293 e. The van der Waals surface area contributed by atoms with Crippen LogP contribution in [0, 0.1) is 27.5 Å². The minimum absolute atomic E-state index is 0.0481. The Morgan fingerprint density at radius 3 is 2.79 bits per heavy atom. The molecule has 0 amide bonds. The zero-order valence-electron chi connectivity index (χ0n) is 10.4. The maximum absolute atomic E-state index is 11.0. The molecule has 2 rings (SSSR count). The SMILES string of the molecule is Cc1nc(CNc2ccc(I)cc2[N+](=O)[O-])oc1C. The Balaban J connectivity index is 2.17. The van der Waals surface area contributed by atoms with Crippen LogP contribution in [0.3, 0.4) is 0 Å². The number of nitro benzene ring substituents is 1. The van der Waals surface area contributed by atoms with E-state index < -0.39 is 4.92 Å². The molecule has 0 unspecified atom stereocenters. The number of aromatic nitrogens is 1. The molecule has 19 heavy (non-hydrogen) atoms. The van der Waals surface area contributed by atoms with E-state index in [4.69, 9.17) is 4.42 Å². The monoisotopic (exact) mass is 373 g/mol. The van der Waals surface area contributed by atoms with Crippen LogP contribution in [0.15, 0.2) is 22.6 Å². The maximum atomic E-state index is 11.0. The molecule has 1 N–H and O–H groups in total. The smallest absolute Gasteiger partial charge is 0.293 e. The van der Waals surface area contributed by atoms with Crippen molar-refractivity contribution in [2.24, 2.45) is 0 Å². The summed E-state index contributed by atoms with van der Waals surface area (Å²) < 4.78 is 6.23. The molecule has 2 aromatic rings. The molecule has 0 saturated carbocycles. The number of aryl methyl sites for hydroxylation is 2. The number of halogens is 1. The van der Waals surface area contributed by atoms with E-state index in [2.05, 4.69) is 10.3 Å². The quantitative estimate of drug-likeness (QED) is 0.505. The summed E-state index contributed by atoms with van der Waals surface area (Å²) in [7, 11) is 0. The van der Waals surface area contributed by atoms with Crippen LogP contribution in [0.2, 0.25) is 0 Å². The van der Waals surface area contributed by atoms with Gasteiger partial charge in [-0.05, 0) is 48.6 Å². The summed E-state index contributed by atoms with van der Waals surface area (Å²) in [5.41, 5.74) is 1.33. The molecule has 0 radical (unpaired) electrons. The van der Waals surface area contributed by atoms with Gasteiger partial charge in [-0.3, -0.25) is 10.1 Å². The molecule has 1 aromatic carbocycles. The van der Waals surface area contributed by atoms with Crippen molar-refractivity contribution in [2.75, 3.05) is 5.32 Å². The number of benzene rings is 1. The van der Waals surface area contributed by atoms with Gasteiger partial charge in [0.15, 0.2) is 0 Å². The Labute approximate surface area is 123 Å². The Morgan fingerprint density at radius 2 is 2.21 bits per heavy atom. The van der Waals surface area contributed by atoms with Gasteiger partial charge in [0.1, 0.15) is 11.4 Å². The summed E-state index contributed by atoms with van der Waals surface area (Å²) in [5.74, 6) is 1.27. The predicted octanol–water partition coefficient (Wildman–Crippen LogP) is 3.42. The summed E-state index contributed by atoms with van der Waals surface area (Å²) >= 11 is 2.04. The van der Waals surface area contributed by atoms with Gasteiger partial charge >= 0.3 is 0 Å². The van der Waals surface area contributed by atoms with E-state index >= 15 is 0 Å². The predicted molar refractivity (Wildman–Crippen MR) is 79.1 cm³/mol. The van der Waals surface area contributed by atoms with E-state index in [0.717, 1.165) is 15.0 Å². The van der Waals surface area contributed by atoms with Crippen LogP contribution in [0.5, 0.6) is 0 Å². The molecule has 0 aliphatic carbocycles. The molecular formula is C12H12IN3O3. The second-order valence-corrected chi connectivity index (χ2v) is 5.27. The van der Waals surface area contributed by atoms with Gasteiger partial charge in [-0.1, -0.05) is 0 Å². The van der Waals surface area contributed by atoms with Crippen LogP contribution in [0.25, 0.3) is 0 Å². The first kappa shape index (κ1) is 13.8. The fraction of sp³-hybridized carbons (Fsp3) is 0.250. The van der Waals surface area contributed by atoms with Crippen molar-refractivity contribution in [3.8, 4) is 0 Å². The molecule has 0 fully saturated rings. The van der Waals surface area contributed by atoms with Gasteiger partial charge in [0.25, 0.3) is 5.69 Å². The van der Waals surface area contributed by atoms with Crippen molar-refractivity contribution in [3.63, 3.8) is 0 Å². The van der Waals surface area contributed by atoms with Crippen molar-refractivity contribution in [3.05, 3.63) is 49.2 Å². The van der Waals surface area contributed by atoms with Gasteiger partial charge < -0.3 is 9.73 Å². The lowest BCUT2D eigenvalue weighted by Gasteiger charge is -2.05. The highest BCUT2D eigenvalue weighted by Gasteiger charge is 2.14. The fourth-order valence-corrected chi connectivity index (χ4v) is 2.07. The largest absolute Gasteiger partial charge is 0.444 e. The van der Waals surface area contributed by atoms with Crippen LogP contribution >= 0.6 is 22.6 Å². The molecule has 0 aliphatic heterocycles. The highest BCUT2D eigenvalue weighted by atomic mass is 127. The topological polar surface area (TPSA) is 81.2 Å². The average Bonchev–Trinajstić information content (AvgIpc) is 2.67. The molecule has 0 saturated heterocycles. The first-order valence-electron chi connectivity index (χ1n) is 5.58. The highest BCUT2D eigenvalue weighted by Crippen LogP contribution is 2.26. The van der Waals surface area contributed by atoms with Gasteiger partial charge in [0.2, 0.25) is 5.89 Å². The molecule has 0 atom stereocenters. The van der Waals surface area contributed by atoms with E-state index in [1.54, 1.807) is 6.07 Å². The van der Waals surface area contributed by atoms with Crippen LogP contribution in [-0.2, 0) is 6.54 Å². The normalized spacial score (nSPS) is 10.5. The molecule has 100 valence electrons. The van der Waals surface area contributed by atoms with Gasteiger partial charge in [-0.15, -0.1) is 0 Å². The molecule has 0 aliphatic rings. The lowest BCUT2D eigenvalue weighted by atomic mass is 10.2. The minimum atomic E-state index is -0.406. The van der Waals surface area contributed by atoms with Crippen LogP contribution < -0.4 is 5.32 Å². The second kappa shape index (κ2) is 5.55. The van der Waals surface area contributed by atoms with E-state index in [1.165, 1.54) is 6.07 Å². The molecule has 6 nitrogen and oxygen atoms in total. The molecule has 1 aromatic heterocycles. The summed E-state index contributed by atoms with van der Waals surface area (Å²) in [6, 6.07) is 5.01. The third-order valence-corrected chi connectivity index (χ3v) is 3.33. The molecular weight excluding hydrogens is 361 g/mol. The Bertz CT molecular complexity index is 605. The van der Waals surface area contributed by atoms with E-state index in [-0.39, 0.29) is 5.69 Å². The zero-order valence-corrected chi connectivity index (χ0v) is 12.6. The Kier molecular flexibility index (Phi) is 4.03. The van der Waals surface area contributed by atoms with Crippen LogP contribution in [-0.4, -0.2) is 9.91 Å². The minimum Gasteiger partial charge on any atom is -0.444 e. The molecule has 7 heteroatoms. The lowest BCUT2D eigenvalue weighted by Crippen LogP contribution is -2.03. The van der Waals surface area contributed by atoms with Crippen molar-refractivity contribution in [1.29, 1.82) is 0 Å². The Morgan fingerprint density at radius 1 is 1.47 bits per heavy atom. The lowest BCUT2D eigenvalue weighted by molar-refractivity contribution is -0.384. The van der Waals surface area contributed by atoms with Crippen molar-refractivity contribution in [2.45, 2.75) is 20.4 Å². The number of nitro groups is 1. The van der Waals surface area contributed by atoms with Crippen molar-refractivity contribution >= 4 is 34.0 Å². The molecule has 0 bridgehead atoms. The van der Waals surface area contributed by atoms with E-state index in [0.29, 0.717) is 18.1 Å². The van der Waals surface area contributed by atoms with Gasteiger partial charge in [0, 0.05) is 9.64 Å². The number of hydrogen-bond donors (Lipinski definition) is 1. The van der Waals surface area contributed by atoms with Gasteiger partial charge in [0.05, 0.1) is 17.2 Å². The third-order valence-electron chi connectivity index (χ3n) is 2.66. The first-order valence-corrected chi connectivity index (χ1v) is 6.66. The number of nitrogens with one attached hydrogen (secondary N) is 1. The van der Waals surface area contributed by atoms with Crippen molar-refractivity contribution in [1.82, 2.24) is 4.98 Å². The van der Waals surface area contributed by atoms with Crippen LogP contribution in [0.1, 0.15) is 17.3 Å². The van der Waals surface area contributed by atoms with E-state index in [9.17, 15) is 10.1 Å². The zero-order chi connectivity index (χ0) is 14.0. The summed E-state index contributed by atoms with van der Waals surface area (Å²) in [6.45, 7) is 4.00. The molecule has 1 heterocycles. The third kappa shape index (κ3) is 3.22. The molecule has 0 spiro atoms. The van der Waals surface area contributed by atoms with E-state index in [1.807, 2.05) is 42.5 Å². The summed E-state index contributed by atoms with van der Waals surface area (Å²) in [5, 5.41) is 13.9. The number of nitrogens with zero attached hydrogens (tertiary/aromatic N) is 2. The van der Waals surface area contributed by atoms with Gasteiger partial charge in [-0.2, -0.15) is 0 Å². The Hall–Kier alpha value is -1.64. The average molecular weight is 373 g/mol. The number of oxazole rings is 1. The number of rotatable bonds is 4. The summed E-state index contributed by atoms with van der Waals surface area (Å²) in [6.07, 6.45) is 0. The fourth-order valence-electron chi connectivity index (χ4n) is 1.59. The number of hydrogen-bond acceptors (Lipinski definition) is 5.